The molecule has 0 saturated heterocycles. The van der Waals surface area contributed by atoms with Gasteiger partial charge in [0.25, 0.3) is 0 Å². The summed E-state index contributed by atoms with van der Waals surface area (Å²) in [6, 6.07) is 13.7. The van der Waals surface area contributed by atoms with Crippen LogP contribution in [0.3, 0.4) is 0 Å². The molecule has 0 radical (unpaired) electrons. The van der Waals surface area contributed by atoms with Crippen molar-refractivity contribution in [1.29, 1.82) is 0 Å². The minimum atomic E-state index is -0.408. The van der Waals surface area contributed by atoms with Gasteiger partial charge in [-0.1, -0.05) is 48.9 Å². The average Bonchev–Trinajstić information content (AvgIpc) is 3.24. The molecule has 8 heteroatoms. The van der Waals surface area contributed by atoms with Crippen molar-refractivity contribution in [2.75, 3.05) is 7.05 Å². The summed E-state index contributed by atoms with van der Waals surface area (Å²) in [5.74, 6) is 0.845. The van der Waals surface area contributed by atoms with E-state index in [1.165, 1.54) is 19.3 Å². The molecule has 34 heavy (non-hydrogen) atoms. The molecule has 2 aromatic heterocycles. The Morgan fingerprint density at radius 1 is 1.12 bits per heavy atom. The van der Waals surface area contributed by atoms with Crippen LogP contribution in [0.4, 0.5) is 4.79 Å². The van der Waals surface area contributed by atoms with Crippen molar-refractivity contribution in [3.8, 4) is 17.1 Å². The van der Waals surface area contributed by atoms with E-state index >= 15 is 0 Å². The Kier molecular flexibility index (Phi) is 7.77. The summed E-state index contributed by atoms with van der Waals surface area (Å²) in [7, 11) is 3.51. The standard InChI is InChI=1S/C26H33N5O3/c1-4-21-24(34-20-13-9-6-10-14-20)16-15-22(27-21)25-23(31(3)29-28-25)18-33-26(32)30(2)17-19-11-7-5-8-12-19/h5,7-8,11-12,15-16,20H,4,6,9-10,13-14,17-18H2,1-3H3. The van der Waals surface area contributed by atoms with Gasteiger partial charge < -0.3 is 14.4 Å². The molecule has 2 heterocycles. The van der Waals surface area contributed by atoms with Crippen LogP contribution in [0.25, 0.3) is 11.4 Å². The fraction of sp³-hybridized carbons (Fsp3) is 0.462. The van der Waals surface area contributed by atoms with Crippen molar-refractivity contribution in [2.24, 2.45) is 7.05 Å². The van der Waals surface area contributed by atoms with E-state index in [-0.39, 0.29) is 12.7 Å². The van der Waals surface area contributed by atoms with Gasteiger partial charge in [0.2, 0.25) is 0 Å². The maximum Gasteiger partial charge on any atom is 0.410 e. The highest BCUT2D eigenvalue weighted by Crippen LogP contribution is 2.29. The lowest BCUT2D eigenvalue weighted by atomic mass is 9.98. The number of carbonyl (C=O) groups excluding carboxylic acids is 1. The number of pyridine rings is 1. The van der Waals surface area contributed by atoms with Crippen LogP contribution >= 0.6 is 0 Å². The summed E-state index contributed by atoms with van der Waals surface area (Å²) in [5, 5.41) is 8.45. The van der Waals surface area contributed by atoms with Crippen LogP contribution in [0, 0.1) is 0 Å². The minimum Gasteiger partial charge on any atom is -0.489 e. The van der Waals surface area contributed by atoms with E-state index in [2.05, 4.69) is 17.2 Å². The molecule has 1 aromatic carbocycles. The first-order valence-corrected chi connectivity index (χ1v) is 12.0. The molecule has 4 rings (SSSR count). The summed E-state index contributed by atoms with van der Waals surface area (Å²) in [6.07, 6.45) is 6.55. The lowest BCUT2D eigenvalue weighted by Crippen LogP contribution is -2.27. The smallest absolute Gasteiger partial charge is 0.410 e. The number of benzene rings is 1. The third-order valence-corrected chi connectivity index (χ3v) is 6.21. The number of hydrogen-bond donors (Lipinski definition) is 0. The topological polar surface area (TPSA) is 82.4 Å². The summed E-state index contributed by atoms with van der Waals surface area (Å²) in [5.41, 5.74) is 3.94. The first kappa shape index (κ1) is 23.7. The Bertz CT molecular complexity index is 1090. The second-order valence-electron chi connectivity index (χ2n) is 8.78. The molecular formula is C26H33N5O3. The van der Waals surface area contributed by atoms with Gasteiger partial charge in [-0.3, -0.25) is 0 Å². The van der Waals surface area contributed by atoms with Gasteiger partial charge in [-0.05, 0) is 49.8 Å². The van der Waals surface area contributed by atoms with Crippen molar-refractivity contribution in [2.45, 2.75) is 64.7 Å². The monoisotopic (exact) mass is 463 g/mol. The van der Waals surface area contributed by atoms with Gasteiger partial charge in [0.05, 0.1) is 17.5 Å². The maximum absolute atomic E-state index is 12.6. The van der Waals surface area contributed by atoms with Gasteiger partial charge in [-0.15, -0.1) is 5.10 Å². The molecule has 1 aliphatic carbocycles. The molecule has 3 aromatic rings. The zero-order chi connectivity index (χ0) is 23.9. The van der Waals surface area contributed by atoms with Crippen LogP contribution < -0.4 is 4.74 Å². The molecule has 0 N–H and O–H groups in total. The Morgan fingerprint density at radius 3 is 2.62 bits per heavy atom. The number of hydrogen-bond acceptors (Lipinski definition) is 6. The second kappa shape index (κ2) is 11.1. The van der Waals surface area contributed by atoms with Gasteiger partial charge in [0.1, 0.15) is 23.7 Å². The molecule has 1 fully saturated rings. The highest BCUT2D eigenvalue weighted by atomic mass is 16.6. The van der Waals surface area contributed by atoms with Gasteiger partial charge in [-0.25, -0.2) is 14.5 Å². The number of ether oxygens (including phenoxy) is 2. The Morgan fingerprint density at radius 2 is 1.88 bits per heavy atom. The Balaban J connectivity index is 1.45. The quantitative estimate of drug-likeness (QED) is 0.472. The molecule has 1 aliphatic rings. The van der Waals surface area contributed by atoms with Gasteiger partial charge in [0.15, 0.2) is 0 Å². The zero-order valence-corrected chi connectivity index (χ0v) is 20.2. The zero-order valence-electron chi connectivity index (χ0n) is 20.2. The molecule has 1 saturated carbocycles. The number of aryl methyl sites for hydroxylation is 2. The van der Waals surface area contributed by atoms with E-state index in [1.54, 1.807) is 23.7 Å². The minimum absolute atomic E-state index is 0.0558. The van der Waals surface area contributed by atoms with Gasteiger partial charge in [-0.2, -0.15) is 0 Å². The number of nitrogens with zero attached hydrogens (tertiary/aromatic N) is 5. The third-order valence-electron chi connectivity index (χ3n) is 6.21. The largest absolute Gasteiger partial charge is 0.489 e. The molecule has 0 atom stereocenters. The summed E-state index contributed by atoms with van der Waals surface area (Å²) in [6.45, 7) is 2.60. The average molecular weight is 464 g/mol. The van der Waals surface area contributed by atoms with E-state index < -0.39 is 6.09 Å². The predicted octanol–water partition coefficient (Wildman–Crippen LogP) is 4.92. The molecule has 8 nitrogen and oxygen atoms in total. The van der Waals surface area contributed by atoms with Crippen LogP contribution in [-0.4, -0.2) is 44.1 Å². The predicted molar refractivity (Wildman–Crippen MR) is 129 cm³/mol. The number of aromatic nitrogens is 4. The highest BCUT2D eigenvalue weighted by Gasteiger charge is 2.21. The normalized spacial score (nSPS) is 14.1. The summed E-state index contributed by atoms with van der Waals surface area (Å²) >= 11 is 0. The van der Waals surface area contributed by atoms with Crippen LogP contribution in [0.5, 0.6) is 5.75 Å². The molecule has 1 amide bonds. The first-order chi connectivity index (χ1) is 16.5. The van der Waals surface area contributed by atoms with Gasteiger partial charge in [0, 0.05) is 20.6 Å². The number of carbonyl (C=O) groups is 1. The van der Waals surface area contributed by atoms with Crippen molar-refractivity contribution < 1.29 is 14.3 Å². The summed E-state index contributed by atoms with van der Waals surface area (Å²) < 4.78 is 13.5. The van der Waals surface area contributed by atoms with Crippen LogP contribution in [0.2, 0.25) is 0 Å². The maximum atomic E-state index is 12.6. The Hall–Kier alpha value is -3.42. The molecule has 0 spiro atoms. The van der Waals surface area contributed by atoms with Crippen molar-refractivity contribution in [3.63, 3.8) is 0 Å². The van der Waals surface area contributed by atoms with Crippen LogP contribution in [0.1, 0.15) is 56.0 Å². The summed E-state index contributed by atoms with van der Waals surface area (Å²) in [4.78, 5) is 18.9. The molecular weight excluding hydrogens is 430 g/mol. The fourth-order valence-corrected chi connectivity index (χ4v) is 4.24. The van der Waals surface area contributed by atoms with E-state index in [1.807, 2.05) is 42.5 Å². The lowest BCUT2D eigenvalue weighted by Gasteiger charge is -2.24. The fourth-order valence-electron chi connectivity index (χ4n) is 4.24. The van der Waals surface area contributed by atoms with Gasteiger partial charge >= 0.3 is 6.09 Å². The van der Waals surface area contributed by atoms with E-state index in [0.29, 0.717) is 23.6 Å². The number of rotatable bonds is 8. The lowest BCUT2D eigenvalue weighted by molar-refractivity contribution is 0.100. The van der Waals surface area contributed by atoms with Crippen molar-refractivity contribution in [1.82, 2.24) is 24.9 Å². The SMILES string of the molecule is CCc1nc(-c2nnn(C)c2COC(=O)N(C)Cc2ccccc2)ccc1OC1CCCCC1. The van der Waals surface area contributed by atoms with E-state index in [0.717, 1.165) is 36.3 Å². The molecule has 0 bridgehead atoms. The second-order valence-corrected chi connectivity index (χ2v) is 8.78. The van der Waals surface area contributed by atoms with E-state index in [4.69, 9.17) is 14.5 Å². The number of amides is 1. The van der Waals surface area contributed by atoms with Crippen molar-refractivity contribution >= 4 is 6.09 Å². The molecule has 0 aliphatic heterocycles. The highest BCUT2D eigenvalue weighted by molar-refractivity contribution is 5.67. The van der Waals surface area contributed by atoms with Crippen molar-refractivity contribution in [3.05, 3.63) is 59.4 Å². The third kappa shape index (κ3) is 5.73. The Labute approximate surface area is 200 Å². The molecule has 0 unspecified atom stereocenters. The molecule has 180 valence electrons. The van der Waals surface area contributed by atoms with Crippen LogP contribution in [0.15, 0.2) is 42.5 Å². The first-order valence-electron chi connectivity index (χ1n) is 12.0. The van der Waals surface area contributed by atoms with E-state index in [9.17, 15) is 4.79 Å². The van der Waals surface area contributed by atoms with Crippen LogP contribution in [-0.2, 0) is 31.4 Å².